The van der Waals surface area contributed by atoms with Crippen LogP contribution in [0.2, 0.25) is 0 Å². The summed E-state index contributed by atoms with van der Waals surface area (Å²) in [4.78, 5) is 13.9. The monoisotopic (exact) mass is 392 g/mol. The van der Waals surface area contributed by atoms with Gasteiger partial charge in [-0.15, -0.1) is 12.4 Å². The summed E-state index contributed by atoms with van der Waals surface area (Å²) < 4.78 is 8.68. The number of carbonyl (C=O) groups excluding carboxylic acids is 1. The summed E-state index contributed by atoms with van der Waals surface area (Å²) in [7, 11) is 1.89. The number of nitrogens with two attached hydrogens (primary N) is 1. The van der Waals surface area contributed by atoms with Crippen LogP contribution in [0.25, 0.3) is 16.6 Å². The molecule has 3 aromatic rings. The molecule has 3 rings (SSSR count). The van der Waals surface area contributed by atoms with Gasteiger partial charge in [0.1, 0.15) is 6.54 Å². The molecule has 3 heterocycles. The minimum Gasteiger partial charge on any atom is -0.465 e. The van der Waals surface area contributed by atoms with Gasteiger partial charge in [-0.1, -0.05) is 6.07 Å². The molecule has 3 aromatic heterocycles. The second-order valence-corrected chi connectivity index (χ2v) is 6.05. The molecular weight excluding hydrogens is 368 g/mol. The molecule has 0 bridgehead atoms. The number of esters is 1. The molecule has 0 unspecified atom stereocenters. The fourth-order valence-corrected chi connectivity index (χ4v) is 2.88. The zero-order chi connectivity index (χ0) is 18.5. The molecule has 0 radical (unpaired) electrons. The number of pyridine rings is 1. The largest absolute Gasteiger partial charge is 0.465 e. The number of nitrogens with zero attached hydrogens (tertiary/aromatic N) is 5. The summed E-state index contributed by atoms with van der Waals surface area (Å²) in [6.45, 7) is 3.58. The first-order chi connectivity index (χ1) is 12.6. The van der Waals surface area contributed by atoms with Crippen LogP contribution in [-0.2, 0) is 16.6 Å². The van der Waals surface area contributed by atoms with Gasteiger partial charge in [-0.3, -0.25) is 9.48 Å². The van der Waals surface area contributed by atoms with Gasteiger partial charge in [0, 0.05) is 37.1 Å². The Hall–Kier alpha value is -2.58. The Balaban J connectivity index is 0.00000261. The molecule has 0 saturated carbocycles. The standard InChI is InChI=1S/C18H24N6O2.ClH/c1-3-26-18(25)13-23(8-4-7-19)17-10-21-24-12-14(5-6-16(17)24)15-9-20-22(2)11-15;/h5-6,9-12H,3-4,7-8,13,19H2,1-2H3;1H. The maximum atomic E-state index is 12.0. The number of rotatable bonds is 8. The lowest BCUT2D eigenvalue weighted by atomic mass is 10.1. The summed E-state index contributed by atoms with van der Waals surface area (Å²) in [5, 5.41) is 8.66. The maximum absolute atomic E-state index is 12.0. The fraction of sp³-hybridized carbons (Fsp3) is 0.389. The smallest absolute Gasteiger partial charge is 0.325 e. The van der Waals surface area contributed by atoms with Crippen LogP contribution in [0.15, 0.2) is 36.9 Å². The highest BCUT2D eigenvalue weighted by Gasteiger charge is 2.17. The SMILES string of the molecule is CCOC(=O)CN(CCCN)c1cnn2cc(-c3cnn(C)c3)ccc12.Cl. The van der Waals surface area contributed by atoms with Crippen molar-refractivity contribution >= 4 is 29.6 Å². The molecule has 0 spiro atoms. The fourth-order valence-electron chi connectivity index (χ4n) is 2.88. The van der Waals surface area contributed by atoms with E-state index in [9.17, 15) is 4.79 Å². The number of hydrogen-bond acceptors (Lipinski definition) is 6. The molecule has 0 amide bonds. The Morgan fingerprint density at radius 1 is 1.22 bits per heavy atom. The number of aryl methyl sites for hydroxylation is 1. The number of hydrogen-bond donors (Lipinski definition) is 1. The molecule has 0 fully saturated rings. The lowest BCUT2D eigenvalue weighted by Gasteiger charge is -2.22. The van der Waals surface area contributed by atoms with E-state index in [1.165, 1.54) is 0 Å². The van der Waals surface area contributed by atoms with Gasteiger partial charge in [0.05, 0.1) is 30.2 Å². The molecule has 2 N–H and O–H groups in total. The second kappa shape index (κ2) is 9.38. The first kappa shape index (κ1) is 20.7. The quantitative estimate of drug-likeness (QED) is 0.588. The first-order valence-corrected chi connectivity index (χ1v) is 8.69. The van der Waals surface area contributed by atoms with Gasteiger partial charge >= 0.3 is 5.97 Å². The van der Waals surface area contributed by atoms with Crippen LogP contribution in [0, 0.1) is 0 Å². The maximum Gasteiger partial charge on any atom is 0.325 e. The predicted molar refractivity (Wildman–Crippen MR) is 107 cm³/mol. The van der Waals surface area contributed by atoms with Crippen LogP contribution < -0.4 is 10.6 Å². The molecule has 0 atom stereocenters. The van der Waals surface area contributed by atoms with E-state index in [0.29, 0.717) is 19.7 Å². The lowest BCUT2D eigenvalue weighted by Crippen LogP contribution is -2.32. The topological polar surface area (TPSA) is 90.7 Å². The molecule has 0 aliphatic rings. The highest BCUT2D eigenvalue weighted by atomic mass is 35.5. The molecule has 8 nitrogen and oxygen atoms in total. The zero-order valence-corrected chi connectivity index (χ0v) is 16.4. The Labute approximate surface area is 164 Å². The van der Waals surface area contributed by atoms with Crippen molar-refractivity contribution in [3.63, 3.8) is 0 Å². The molecule has 0 aliphatic carbocycles. The van der Waals surface area contributed by atoms with Gasteiger partial charge in [0.25, 0.3) is 0 Å². The van der Waals surface area contributed by atoms with E-state index in [0.717, 1.165) is 28.8 Å². The van der Waals surface area contributed by atoms with Gasteiger partial charge in [0.15, 0.2) is 0 Å². The normalized spacial score (nSPS) is 10.6. The van der Waals surface area contributed by atoms with E-state index in [4.69, 9.17) is 10.5 Å². The van der Waals surface area contributed by atoms with Crippen LogP contribution in [-0.4, -0.2) is 51.6 Å². The van der Waals surface area contributed by atoms with Crippen molar-refractivity contribution in [3.8, 4) is 11.1 Å². The molecule has 27 heavy (non-hydrogen) atoms. The van der Waals surface area contributed by atoms with Gasteiger partial charge in [0.2, 0.25) is 0 Å². The Morgan fingerprint density at radius 3 is 2.70 bits per heavy atom. The lowest BCUT2D eigenvalue weighted by molar-refractivity contribution is -0.141. The van der Waals surface area contributed by atoms with Crippen molar-refractivity contribution in [2.45, 2.75) is 13.3 Å². The third-order valence-corrected chi connectivity index (χ3v) is 4.13. The predicted octanol–water partition coefficient (Wildman–Crippen LogP) is 1.87. The van der Waals surface area contributed by atoms with E-state index < -0.39 is 0 Å². The van der Waals surface area contributed by atoms with Gasteiger partial charge in [-0.2, -0.15) is 10.2 Å². The Morgan fingerprint density at radius 2 is 2.04 bits per heavy atom. The van der Waals surface area contributed by atoms with E-state index in [1.807, 2.05) is 47.2 Å². The van der Waals surface area contributed by atoms with E-state index in [1.54, 1.807) is 17.8 Å². The first-order valence-electron chi connectivity index (χ1n) is 8.69. The van der Waals surface area contributed by atoms with Crippen LogP contribution in [0.5, 0.6) is 0 Å². The summed E-state index contributed by atoms with van der Waals surface area (Å²) >= 11 is 0. The highest BCUT2D eigenvalue weighted by molar-refractivity contribution is 5.85. The summed E-state index contributed by atoms with van der Waals surface area (Å²) in [5.41, 5.74) is 9.52. The number of aromatic nitrogens is 4. The molecule has 9 heteroatoms. The summed E-state index contributed by atoms with van der Waals surface area (Å²) in [6.07, 6.45) is 8.30. The van der Waals surface area contributed by atoms with Gasteiger partial charge in [-0.05, 0) is 26.0 Å². The van der Waals surface area contributed by atoms with Crippen molar-refractivity contribution in [3.05, 3.63) is 36.9 Å². The van der Waals surface area contributed by atoms with E-state index >= 15 is 0 Å². The van der Waals surface area contributed by atoms with Gasteiger partial charge in [-0.25, -0.2) is 4.52 Å². The van der Waals surface area contributed by atoms with Crippen molar-refractivity contribution in [1.82, 2.24) is 19.4 Å². The van der Waals surface area contributed by atoms with Crippen molar-refractivity contribution < 1.29 is 9.53 Å². The molecule has 0 aromatic carbocycles. The van der Waals surface area contributed by atoms with Crippen LogP contribution in [0.3, 0.4) is 0 Å². The molecular formula is C18H25ClN6O2. The number of halogens is 1. The third-order valence-electron chi connectivity index (χ3n) is 4.13. The number of anilines is 1. The molecule has 0 aliphatic heterocycles. The average molecular weight is 393 g/mol. The minimum atomic E-state index is -0.254. The third kappa shape index (κ3) is 4.78. The van der Waals surface area contributed by atoms with Crippen LogP contribution >= 0.6 is 12.4 Å². The second-order valence-electron chi connectivity index (χ2n) is 6.05. The van der Waals surface area contributed by atoms with E-state index in [2.05, 4.69) is 10.2 Å². The summed E-state index contributed by atoms with van der Waals surface area (Å²) in [5.74, 6) is -0.254. The number of carbonyl (C=O) groups is 1. The van der Waals surface area contributed by atoms with Gasteiger partial charge < -0.3 is 15.4 Å². The van der Waals surface area contributed by atoms with Crippen LogP contribution in [0.1, 0.15) is 13.3 Å². The van der Waals surface area contributed by atoms with Crippen molar-refractivity contribution in [2.75, 3.05) is 31.1 Å². The zero-order valence-electron chi connectivity index (χ0n) is 15.5. The summed E-state index contributed by atoms with van der Waals surface area (Å²) in [6, 6.07) is 4.04. The van der Waals surface area contributed by atoms with Crippen molar-refractivity contribution in [2.24, 2.45) is 12.8 Å². The average Bonchev–Trinajstić information content (AvgIpc) is 3.24. The number of fused-ring (bicyclic) bond motifs is 1. The van der Waals surface area contributed by atoms with Crippen molar-refractivity contribution in [1.29, 1.82) is 0 Å². The highest BCUT2D eigenvalue weighted by Crippen LogP contribution is 2.25. The Bertz CT molecular complexity index is 891. The van der Waals surface area contributed by atoms with Crippen LogP contribution in [0.4, 0.5) is 5.69 Å². The minimum absolute atomic E-state index is 0. The molecule has 146 valence electrons. The number of ether oxygens (including phenoxy) is 1. The van der Waals surface area contributed by atoms with E-state index in [-0.39, 0.29) is 24.9 Å². The molecule has 0 saturated heterocycles. The Kier molecular flexibility index (Phi) is 7.20.